The van der Waals surface area contributed by atoms with E-state index in [9.17, 15) is 14.3 Å². The molecule has 0 radical (unpaired) electrons. The van der Waals surface area contributed by atoms with Crippen molar-refractivity contribution >= 4 is 16.9 Å². The zero-order valence-corrected chi connectivity index (χ0v) is 22.1. The number of rotatable bonds is 8. The Bertz CT molecular complexity index is 1620. The van der Waals surface area contributed by atoms with Gasteiger partial charge in [0.25, 0.3) is 0 Å². The van der Waals surface area contributed by atoms with E-state index in [2.05, 4.69) is 16.0 Å². The third kappa shape index (κ3) is 5.23. The highest BCUT2D eigenvalue weighted by Crippen LogP contribution is 2.42. The van der Waals surface area contributed by atoms with Crippen molar-refractivity contribution < 1.29 is 19.0 Å². The van der Waals surface area contributed by atoms with Crippen molar-refractivity contribution in [3.8, 4) is 11.4 Å². The zero-order valence-electron chi connectivity index (χ0n) is 22.1. The molecule has 0 bridgehead atoms. The van der Waals surface area contributed by atoms with Gasteiger partial charge in [0.2, 0.25) is 0 Å². The number of fused-ring (bicyclic) bond motifs is 1. The molecule has 6 rings (SSSR count). The Balaban J connectivity index is 1.55. The molecule has 0 spiro atoms. The number of benzene rings is 4. The molecule has 0 aliphatic carbocycles. The average molecular weight is 535 g/mol. The molecular weight excluding hydrogens is 503 g/mol. The Kier molecular flexibility index (Phi) is 7.34. The van der Waals surface area contributed by atoms with Crippen molar-refractivity contribution in [2.45, 2.75) is 31.8 Å². The molecule has 0 amide bonds. The van der Waals surface area contributed by atoms with E-state index in [0.717, 1.165) is 65.0 Å². The molecule has 1 aliphatic rings. The number of nitrogens with one attached hydrogen (secondary N) is 1. The van der Waals surface area contributed by atoms with E-state index >= 15 is 0 Å². The van der Waals surface area contributed by atoms with Crippen LogP contribution in [0.1, 0.15) is 51.5 Å². The molecule has 1 aromatic heterocycles. The summed E-state index contributed by atoms with van der Waals surface area (Å²) >= 11 is 0. The minimum absolute atomic E-state index is 0.251. The first-order valence-electron chi connectivity index (χ1n) is 13.7. The number of ether oxygens (including phenoxy) is 1. The molecule has 5 aromatic rings. The van der Waals surface area contributed by atoms with Gasteiger partial charge in [0.05, 0.1) is 11.1 Å². The standard InChI is InChI=1S/C34H31FN2O3/c35-27-15-17-28(18-16-27)37-30-9-4-10-31(40-22-24-6-2-1-3-7-24)32(30)29(33(37)26-8-5-19-36-21-26)20-23-11-13-25(14-12-23)34(38)39/h1-4,6-7,9-18,26,36H,5,8,19-22H2,(H,38,39). The third-order valence-corrected chi connectivity index (χ3v) is 7.68. The molecule has 40 heavy (non-hydrogen) atoms. The number of hydrogen-bond donors (Lipinski definition) is 2. The number of piperidine rings is 1. The lowest BCUT2D eigenvalue weighted by Crippen LogP contribution is -2.30. The molecule has 1 saturated heterocycles. The largest absolute Gasteiger partial charge is 0.488 e. The van der Waals surface area contributed by atoms with Gasteiger partial charge in [-0.05, 0) is 91.0 Å². The molecule has 1 unspecified atom stereocenters. The van der Waals surface area contributed by atoms with Crippen LogP contribution in [0.3, 0.4) is 0 Å². The van der Waals surface area contributed by atoms with Gasteiger partial charge < -0.3 is 19.7 Å². The quantitative estimate of drug-likeness (QED) is 0.223. The monoisotopic (exact) mass is 534 g/mol. The van der Waals surface area contributed by atoms with Gasteiger partial charge in [-0.2, -0.15) is 0 Å². The molecule has 4 aromatic carbocycles. The maximum Gasteiger partial charge on any atom is 0.335 e. The van der Waals surface area contributed by atoms with Gasteiger partial charge in [0.15, 0.2) is 0 Å². The topological polar surface area (TPSA) is 63.5 Å². The first-order chi connectivity index (χ1) is 19.6. The molecule has 202 valence electrons. The fourth-order valence-electron chi connectivity index (χ4n) is 5.79. The molecule has 1 fully saturated rings. The number of aromatic nitrogens is 1. The molecule has 2 heterocycles. The van der Waals surface area contributed by atoms with Crippen LogP contribution in [0.15, 0.2) is 97.1 Å². The van der Waals surface area contributed by atoms with Crippen molar-refractivity contribution in [1.29, 1.82) is 0 Å². The molecule has 0 saturated carbocycles. The Morgan fingerprint density at radius 2 is 1.70 bits per heavy atom. The van der Waals surface area contributed by atoms with Crippen molar-refractivity contribution in [3.05, 3.63) is 131 Å². The zero-order chi connectivity index (χ0) is 27.5. The van der Waals surface area contributed by atoms with Crippen LogP contribution in [-0.2, 0) is 13.0 Å². The number of aromatic carboxylic acids is 1. The first-order valence-corrected chi connectivity index (χ1v) is 13.7. The van der Waals surface area contributed by atoms with E-state index < -0.39 is 5.97 Å². The van der Waals surface area contributed by atoms with Crippen molar-refractivity contribution in [2.75, 3.05) is 13.1 Å². The van der Waals surface area contributed by atoms with Crippen LogP contribution in [0.2, 0.25) is 0 Å². The maximum atomic E-state index is 14.0. The van der Waals surface area contributed by atoms with Crippen LogP contribution in [0.5, 0.6) is 5.75 Å². The number of halogens is 1. The minimum atomic E-state index is -0.940. The van der Waals surface area contributed by atoms with E-state index in [-0.39, 0.29) is 17.3 Å². The van der Waals surface area contributed by atoms with Crippen molar-refractivity contribution in [3.63, 3.8) is 0 Å². The Hall–Kier alpha value is -4.42. The first kappa shape index (κ1) is 25.8. The number of carboxylic acid groups (broad SMARTS) is 1. The summed E-state index contributed by atoms with van der Waals surface area (Å²) in [7, 11) is 0. The predicted octanol–water partition coefficient (Wildman–Crippen LogP) is 7.10. The fraction of sp³-hybridized carbons (Fsp3) is 0.206. The smallest absolute Gasteiger partial charge is 0.335 e. The SMILES string of the molecule is O=C(O)c1ccc(Cc2c(C3CCCNC3)n(-c3ccc(F)cc3)c3cccc(OCc4ccccc4)c23)cc1. The number of nitrogens with zero attached hydrogens (tertiary/aromatic N) is 1. The van der Waals surface area contributed by atoms with Crippen LogP contribution in [0.4, 0.5) is 4.39 Å². The molecule has 1 aliphatic heterocycles. The van der Waals surface area contributed by atoms with E-state index in [0.29, 0.717) is 13.0 Å². The highest BCUT2D eigenvalue weighted by atomic mass is 19.1. The van der Waals surface area contributed by atoms with Gasteiger partial charge in [0, 0.05) is 29.2 Å². The van der Waals surface area contributed by atoms with Crippen LogP contribution in [0, 0.1) is 5.82 Å². The molecule has 6 heteroatoms. The van der Waals surface area contributed by atoms with Gasteiger partial charge in [0.1, 0.15) is 18.2 Å². The van der Waals surface area contributed by atoms with Crippen LogP contribution in [-0.4, -0.2) is 28.7 Å². The van der Waals surface area contributed by atoms with Gasteiger partial charge in [-0.1, -0.05) is 48.5 Å². The summed E-state index contributed by atoms with van der Waals surface area (Å²) in [4.78, 5) is 11.5. The van der Waals surface area contributed by atoms with Crippen molar-refractivity contribution in [1.82, 2.24) is 9.88 Å². The molecule has 1 atom stereocenters. The highest BCUT2D eigenvalue weighted by Gasteiger charge is 2.28. The average Bonchev–Trinajstić information content (AvgIpc) is 3.32. The minimum Gasteiger partial charge on any atom is -0.488 e. The Labute approximate surface area is 232 Å². The lowest BCUT2D eigenvalue weighted by molar-refractivity contribution is 0.0697. The number of carboxylic acids is 1. The fourth-order valence-corrected chi connectivity index (χ4v) is 5.79. The number of carbonyl (C=O) groups is 1. The normalized spacial score (nSPS) is 15.3. The van der Waals surface area contributed by atoms with Crippen LogP contribution in [0.25, 0.3) is 16.6 Å². The lowest BCUT2D eigenvalue weighted by atomic mass is 9.90. The highest BCUT2D eigenvalue weighted by molar-refractivity contribution is 5.93. The summed E-state index contributed by atoms with van der Waals surface area (Å²) in [5, 5.41) is 14.0. The second-order valence-corrected chi connectivity index (χ2v) is 10.3. The summed E-state index contributed by atoms with van der Waals surface area (Å²) in [6, 6.07) is 30.0. The van der Waals surface area contributed by atoms with E-state index in [1.807, 2.05) is 66.7 Å². The van der Waals surface area contributed by atoms with Crippen LogP contribution >= 0.6 is 0 Å². The Morgan fingerprint density at radius 1 is 0.925 bits per heavy atom. The summed E-state index contributed by atoms with van der Waals surface area (Å²) in [5.74, 6) is -0.164. The third-order valence-electron chi connectivity index (χ3n) is 7.68. The number of hydrogen-bond acceptors (Lipinski definition) is 3. The van der Waals surface area contributed by atoms with Crippen molar-refractivity contribution in [2.24, 2.45) is 0 Å². The van der Waals surface area contributed by atoms with Gasteiger partial charge in [-0.15, -0.1) is 0 Å². The Morgan fingerprint density at radius 3 is 2.40 bits per heavy atom. The van der Waals surface area contributed by atoms with Crippen LogP contribution < -0.4 is 10.1 Å². The van der Waals surface area contributed by atoms with Gasteiger partial charge in [-0.3, -0.25) is 0 Å². The summed E-state index contributed by atoms with van der Waals surface area (Å²) in [6.45, 7) is 2.28. The summed E-state index contributed by atoms with van der Waals surface area (Å²) < 4.78 is 22.7. The van der Waals surface area contributed by atoms with E-state index in [1.165, 1.54) is 17.8 Å². The molecular formula is C34H31FN2O3. The second kappa shape index (κ2) is 11.4. The lowest BCUT2D eigenvalue weighted by Gasteiger charge is -2.26. The summed E-state index contributed by atoms with van der Waals surface area (Å²) in [5.41, 5.74) is 6.62. The van der Waals surface area contributed by atoms with Gasteiger partial charge in [-0.25, -0.2) is 9.18 Å². The predicted molar refractivity (Wildman–Crippen MR) is 155 cm³/mol. The van der Waals surface area contributed by atoms with Gasteiger partial charge >= 0.3 is 5.97 Å². The molecule has 2 N–H and O–H groups in total. The van der Waals surface area contributed by atoms with E-state index in [4.69, 9.17) is 4.74 Å². The summed E-state index contributed by atoms with van der Waals surface area (Å²) in [6.07, 6.45) is 2.72. The van der Waals surface area contributed by atoms with E-state index in [1.54, 1.807) is 12.1 Å². The second-order valence-electron chi connectivity index (χ2n) is 10.3. The maximum absolute atomic E-state index is 14.0. The molecule has 5 nitrogen and oxygen atoms in total.